The number of nitrogens with zero attached hydrogens (tertiary/aromatic N) is 4. The van der Waals surface area contributed by atoms with Crippen LogP contribution in [0.3, 0.4) is 0 Å². The summed E-state index contributed by atoms with van der Waals surface area (Å²) in [6.45, 7) is -0.944. The van der Waals surface area contributed by atoms with Crippen molar-refractivity contribution in [3.8, 4) is 0 Å². The first-order chi connectivity index (χ1) is 9.10. The highest BCUT2D eigenvalue weighted by Gasteiger charge is 2.55. The molecule has 3 rings (SSSR count). The largest absolute Gasteiger partial charge is 0.396 e. The third-order valence-electron chi connectivity index (χ3n) is 3.88. The fourth-order valence-corrected chi connectivity index (χ4v) is 2.70. The van der Waals surface area contributed by atoms with Gasteiger partial charge in [0.05, 0.1) is 19.5 Å². The Morgan fingerprint density at radius 3 is 2.89 bits per heavy atom. The third-order valence-corrected chi connectivity index (χ3v) is 3.88. The maximum Gasteiger partial charge on any atom is 0.165 e. The van der Waals surface area contributed by atoms with Crippen molar-refractivity contribution in [2.24, 2.45) is 5.92 Å². The molecule has 102 valence electrons. The Balaban J connectivity index is 2.00. The van der Waals surface area contributed by atoms with Gasteiger partial charge in [-0.3, -0.25) is 0 Å². The van der Waals surface area contributed by atoms with Crippen molar-refractivity contribution in [3.05, 3.63) is 12.7 Å². The summed E-state index contributed by atoms with van der Waals surface area (Å²) in [5.41, 5.74) is 4.91. The summed E-state index contributed by atoms with van der Waals surface area (Å²) in [6, 6.07) is -0.290. The second-order valence-corrected chi connectivity index (χ2v) is 4.84. The molecule has 4 N–H and O–H groups in total. The number of nitrogen functional groups attached to an aromatic ring is 1. The molecule has 7 nitrogen and oxygen atoms in total. The predicted molar refractivity (Wildman–Crippen MR) is 64.9 cm³/mol. The molecule has 0 bridgehead atoms. The van der Waals surface area contributed by atoms with Gasteiger partial charge in [-0.2, -0.15) is 0 Å². The number of halogens is 1. The molecule has 0 aliphatic heterocycles. The van der Waals surface area contributed by atoms with Crippen molar-refractivity contribution in [3.63, 3.8) is 0 Å². The van der Waals surface area contributed by atoms with Gasteiger partial charge >= 0.3 is 0 Å². The molecule has 1 aliphatic rings. The van der Waals surface area contributed by atoms with E-state index in [0.29, 0.717) is 11.2 Å². The number of hydrogen-bond donors (Lipinski definition) is 3. The van der Waals surface area contributed by atoms with Crippen molar-refractivity contribution in [2.45, 2.75) is 18.1 Å². The standard InChI is InChI=1S/C11H14FN5O2/c12-11(3-19)1-7(6(11)2-18)17-5-16-8-9(13)14-4-15-10(8)17/h4-7,18-19H,1-3H2,(H2,13,14,15)/t6-,7-,11+/m1/s1. The van der Waals surface area contributed by atoms with E-state index >= 15 is 0 Å². The van der Waals surface area contributed by atoms with E-state index in [9.17, 15) is 9.50 Å². The number of aliphatic hydroxyl groups is 2. The SMILES string of the molecule is Nc1ncnc2c1ncn2[C@@H]1C[C@](F)(CO)[C@@H]1CO. The number of anilines is 1. The fraction of sp³-hybridized carbons (Fsp3) is 0.545. The molecule has 2 aromatic rings. The Morgan fingerprint density at radius 2 is 2.21 bits per heavy atom. The lowest BCUT2D eigenvalue weighted by molar-refractivity contribution is -0.116. The predicted octanol–water partition coefficient (Wildman–Crippen LogP) is -0.338. The van der Waals surface area contributed by atoms with Crippen LogP contribution in [0.5, 0.6) is 0 Å². The molecule has 2 aromatic heterocycles. The van der Waals surface area contributed by atoms with E-state index in [4.69, 9.17) is 10.8 Å². The highest BCUT2D eigenvalue weighted by molar-refractivity contribution is 5.81. The van der Waals surface area contributed by atoms with E-state index in [1.54, 1.807) is 4.57 Å². The molecule has 0 spiro atoms. The molecule has 0 unspecified atom stereocenters. The van der Waals surface area contributed by atoms with Gasteiger partial charge in [-0.15, -0.1) is 0 Å². The second kappa shape index (κ2) is 4.10. The summed E-state index contributed by atoms with van der Waals surface area (Å²) in [5.74, 6) is -0.414. The number of imidazole rings is 1. The zero-order chi connectivity index (χ0) is 13.6. The summed E-state index contributed by atoms with van der Waals surface area (Å²) < 4.78 is 15.8. The first kappa shape index (κ1) is 12.2. The van der Waals surface area contributed by atoms with E-state index < -0.39 is 18.2 Å². The van der Waals surface area contributed by atoms with Crippen LogP contribution in [0, 0.1) is 5.92 Å². The van der Waals surface area contributed by atoms with Crippen LogP contribution in [0.15, 0.2) is 12.7 Å². The summed E-state index contributed by atoms with van der Waals surface area (Å²) in [4.78, 5) is 12.0. The zero-order valence-corrected chi connectivity index (χ0v) is 10.1. The van der Waals surface area contributed by atoms with E-state index in [0.717, 1.165) is 0 Å². The zero-order valence-electron chi connectivity index (χ0n) is 10.1. The molecule has 0 radical (unpaired) electrons. The average Bonchev–Trinajstić information content (AvgIpc) is 2.81. The van der Waals surface area contributed by atoms with Gasteiger partial charge in [0.2, 0.25) is 0 Å². The van der Waals surface area contributed by atoms with Gasteiger partial charge in [0, 0.05) is 18.4 Å². The van der Waals surface area contributed by atoms with Crippen LogP contribution in [0.4, 0.5) is 10.2 Å². The van der Waals surface area contributed by atoms with Crippen LogP contribution >= 0.6 is 0 Å². The lowest BCUT2D eigenvalue weighted by Crippen LogP contribution is -2.55. The van der Waals surface area contributed by atoms with Crippen LogP contribution in [0.2, 0.25) is 0 Å². The summed E-state index contributed by atoms with van der Waals surface area (Å²) in [7, 11) is 0. The number of nitrogens with two attached hydrogens (primary N) is 1. The molecule has 1 saturated carbocycles. The lowest BCUT2D eigenvalue weighted by atomic mass is 9.67. The van der Waals surface area contributed by atoms with E-state index in [-0.39, 0.29) is 24.9 Å². The molecule has 1 fully saturated rings. The Labute approximate surface area is 107 Å². The van der Waals surface area contributed by atoms with Crippen LogP contribution in [-0.4, -0.2) is 48.6 Å². The normalized spacial score (nSPS) is 30.5. The maximum absolute atomic E-state index is 14.1. The van der Waals surface area contributed by atoms with Gasteiger partial charge in [-0.05, 0) is 0 Å². The Kier molecular flexibility index (Phi) is 2.64. The monoisotopic (exact) mass is 267 g/mol. The minimum Gasteiger partial charge on any atom is -0.396 e. The molecule has 2 heterocycles. The quantitative estimate of drug-likeness (QED) is 0.702. The van der Waals surface area contributed by atoms with Gasteiger partial charge in [0.15, 0.2) is 11.5 Å². The highest BCUT2D eigenvalue weighted by atomic mass is 19.1. The first-order valence-corrected chi connectivity index (χ1v) is 5.94. The van der Waals surface area contributed by atoms with Gasteiger partial charge in [0.1, 0.15) is 17.5 Å². The van der Waals surface area contributed by atoms with Gasteiger partial charge in [-0.1, -0.05) is 0 Å². The van der Waals surface area contributed by atoms with Crippen LogP contribution in [0.1, 0.15) is 12.5 Å². The van der Waals surface area contributed by atoms with Crippen molar-refractivity contribution in [2.75, 3.05) is 18.9 Å². The van der Waals surface area contributed by atoms with Crippen LogP contribution in [0.25, 0.3) is 11.2 Å². The summed E-state index contributed by atoms with van der Waals surface area (Å²) in [5, 5.41) is 18.4. The van der Waals surface area contributed by atoms with Gasteiger partial charge < -0.3 is 20.5 Å². The average molecular weight is 267 g/mol. The third kappa shape index (κ3) is 1.60. The maximum atomic E-state index is 14.1. The molecular formula is C11H14FN5O2. The van der Waals surface area contributed by atoms with Crippen LogP contribution < -0.4 is 5.73 Å². The number of aliphatic hydroxyl groups excluding tert-OH is 2. The Hall–Kier alpha value is -1.80. The Morgan fingerprint density at radius 1 is 1.42 bits per heavy atom. The molecule has 8 heteroatoms. The van der Waals surface area contributed by atoms with Crippen LogP contribution in [-0.2, 0) is 0 Å². The molecule has 3 atom stereocenters. The summed E-state index contributed by atoms with van der Waals surface area (Å²) in [6.07, 6.45) is 2.95. The Bertz CT molecular complexity index is 618. The second-order valence-electron chi connectivity index (χ2n) is 4.84. The molecule has 0 amide bonds. The number of hydrogen-bond acceptors (Lipinski definition) is 6. The fourth-order valence-electron chi connectivity index (χ4n) is 2.70. The molecule has 1 aliphatic carbocycles. The van der Waals surface area contributed by atoms with Gasteiger partial charge in [0.25, 0.3) is 0 Å². The topological polar surface area (TPSA) is 110 Å². The highest BCUT2D eigenvalue weighted by Crippen LogP contribution is 2.50. The number of rotatable bonds is 3. The number of fused-ring (bicyclic) bond motifs is 1. The van der Waals surface area contributed by atoms with Crippen molar-refractivity contribution in [1.82, 2.24) is 19.5 Å². The molecule has 19 heavy (non-hydrogen) atoms. The smallest absolute Gasteiger partial charge is 0.165 e. The van der Waals surface area contributed by atoms with E-state index in [1.807, 2.05) is 0 Å². The lowest BCUT2D eigenvalue weighted by Gasteiger charge is -2.48. The minimum absolute atomic E-state index is 0.115. The van der Waals surface area contributed by atoms with Crippen molar-refractivity contribution < 1.29 is 14.6 Å². The molecule has 0 saturated heterocycles. The first-order valence-electron chi connectivity index (χ1n) is 5.94. The molecular weight excluding hydrogens is 253 g/mol. The van der Waals surface area contributed by atoms with E-state index in [2.05, 4.69) is 15.0 Å². The van der Waals surface area contributed by atoms with Gasteiger partial charge in [-0.25, -0.2) is 19.3 Å². The molecule has 0 aromatic carbocycles. The minimum atomic E-state index is -1.74. The van der Waals surface area contributed by atoms with Crippen molar-refractivity contribution in [1.29, 1.82) is 0 Å². The van der Waals surface area contributed by atoms with E-state index in [1.165, 1.54) is 12.7 Å². The number of alkyl halides is 1. The number of aromatic nitrogens is 4. The van der Waals surface area contributed by atoms with Crippen molar-refractivity contribution >= 4 is 17.0 Å². The summed E-state index contributed by atoms with van der Waals surface area (Å²) >= 11 is 0.